The van der Waals surface area contributed by atoms with Crippen molar-refractivity contribution in [3.8, 4) is 0 Å². The van der Waals surface area contributed by atoms with Crippen molar-refractivity contribution in [1.82, 2.24) is 10.2 Å². The minimum absolute atomic E-state index is 0.428. The Labute approximate surface area is 101 Å². The summed E-state index contributed by atoms with van der Waals surface area (Å²) in [5.74, 6) is 1.27. The van der Waals surface area contributed by atoms with Crippen molar-refractivity contribution in [3.05, 3.63) is 30.0 Å². The number of hydrogen-bond donors (Lipinski definition) is 2. The third kappa shape index (κ3) is 2.53. The van der Waals surface area contributed by atoms with Gasteiger partial charge < -0.3 is 11.1 Å². The highest BCUT2D eigenvalue weighted by Crippen LogP contribution is 2.22. The predicted octanol–water partition coefficient (Wildman–Crippen LogP) is 1.94. The Hall–Kier alpha value is -1.68. The number of nitrogens with zero attached hydrogens (tertiary/aromatic N) is 2. The lowest BCUT2D eigenvalue weighted by Gasteiger charge is -2.12. The fourth-order valence-electron chi connectivity index (χ4n) is 1.72. The van der Waals surface area contributed by atoms with Crippen molar-refractivity contribution in [2.24, 2.45) is 11.7 Å². The summed E-state index contributed by atoms with van der Waals surface area (Å²) in [6, 6.07) is 8.16. The number of benzene rings is 1. The second-order valence-electron chi connectivity index (χ2n) is 4.40. The van der Waals surface area contributed by atoms with Crippen LogP contribution in [-0.4, -0.2) is 23.3 Å². The van der Waals surface area contributed by atoms with Crippen LogP contribution in [-0.2, 0) is 0 Å². The van der Waals surface area contributed by atoms with E-state index in [1.165, 1.54) is 0 Å². The number of nitrogens with one attached hydrogen (secondary N) is 1. The van der Waals surface area contributed by atoms with E-state index in [1.807, 2.05) is 19.1 Å². The van der Waals surface area contributed by atoms with Gasteiger partial charge in [0.2, 0.25) is 0 Å². The molecule has 1 atom stereocenters. The molecule has 1 heterocycles. The van der Waals surface area contributed by atoms with Crippen LogP contribution in [0.5, 0.6) is 0 Å². The number of aromatic nitrogens is 2. The van der Waals surface area contributed by atoms with Gasteiger partial charge in [-0.05, 0) is 19.4 Å². The van der Waals surface area contributed by atoms with Gasteiger partial charge in [-0.3, -0.25) is 0 Å². The van der Waals surface area contributed by atoms with Gasteiger partial charge >= 0.3 is 0 Å². The molecule has 4 heteroatoms. The fourth-order valence-corrected chi connectivity index (χ4v) is 1.72. The number of rotatable bonds is 4. The molecule has 0 saturated heterocycles. The first-order valence-electron chi connectivity index (χ1n) is 5.88. The zero-order valence-electron chi connectivity index (χ0n) is 10.3. The molecular formula is C13H18N4. The summed E-state index contributed by atoms with van der Waals surface area (Å²) < 4.78 is 0. The summed E-state index contributed by atoms with van der Waals surface area (Å²) in [5.41, 5.74) is 6.55. The lowest BCUT2D eigenvalue weighted by molar-refractivity contribution is 0.626. The van der Waals surface area contributed by atoms with Crippen molar-refractivity contribution < 1.29 is 0 Å². The summed E-state index contributed by atoms with van der Waals surface area (Å²) in [6.45, 7) is 5.57. The Morgan fingerprint density at radius 2 is 1.94 bits per heavy atom. The smallest absolute Gasteiger partial charge is 0.156 e. The quantitative estimate of drug-likeness (QED) is 0.842. The van der Waals surface area contributed by atoms with Gasteiger partial charge in [0.15, 0.2) is 5.82 Å². The highest BCUT2D eigenvalue weighted by Gasteiger charge is 2.06. The minimum atomic E-state index is 0.428. The molecule has 0 saturated carbocycles. The Kier molecular flexibility index (Phi) is 3.54. The SMILES string of the molecule is Cc1nnc(NCC(C)CN)c2ccccc12. The molecule has 0 aliphatic heterocycles. The molecular weight excluding hydrogens is 212 g/mol. The topological polar surface area (TPSA) is 63.8 Å². The van der Waals surface area contributed by atoms with E-state index in [-0.39, 0.29) is 0 Å². The number of anilines is 1. The van der Waals surface area contributed by atoms with Gasteiger partial charge in [-0.25, -0.2) is 0 Å². The molecule has 17 heavy (non-hydrogen) atoms. The van der Waals surface area contributed by atoms with Crippen molar-refractivity contribution in [3.63, 3.8) is 0 Å². The summed E-state index contributed by atoms with van der Waals surface area (Å²) in [5, 5.41) is 13.9. The zero-order valence-corrected chi connectivity index (χ0v) is 10.3. The van der Waals surface area contributed by atoms with E-state index in [0.29, 0.717) is 12.5 Å². The van der Waals surface area contributed by atoms with Crippen molar-refractivity contribution in [1.29, 1.82) is 0 Å². The summed E-state index contributed by atoms with van der Waals surface area (Å²) in [7, 11) is 0. The summed E-state index contributed by atoms with van der Waals surface area (Å²) in [6.07, 6.45) is 0. The molecule has 1 aromatic carbocycles. The lowest BCUT2D eigenvalue weighted by atomic mass is 10.1. The molecule has 2 rings (SSSR count). The van der Waals surface area contributed by atoms with Crippen LogP contribution in [0.2, 0.25) is 0 Å². The van der Waals surface area contributed by atoms with Crippen LogP contribution >= 0.6 is 0 Å². The molecule has 4 nitrogen and oxygen atoms in total. The monoisotopic (exact) mass is 230 g/mol. The highest BCUT2D eigenvalue weighted by atomic mass is 15.2. The van der Waals surface area contributed by atoms with Gasteiger partial charge in [-0.1, -0.05) is 31.2 Å². The Balaban J connectivity index is 2.32. The van der Waals surface area contributed by atoms with Gasteiger partial charge in [0.1, 0.15) is 0 Å². The van der Waals surface area contributed by atoms with Crippen LogP contribution in [0.15, 0.2) is 24.3 Å². The van der Waals surface area contributed by atoms with Crippen LogP contribution in [0, 0.1) is 12.8 Å². The largest absolute Gasteiger partial charge is 0.368 e. The molecule has 0 fully saturated rings. The molecule has 0 radical (unpaired) electrons. The number of nitrogens with two attached hydrogens (primary N) is 1. The predicted molar refractivity (Wildman–Crippen MR) is 71.0 cm³/mol. The van der Waals surface area contributed by atoms with E-state index in [9.17, 15) is 0 Å². The van der Waals surface area contributed by atoms with Crippen LogP contribution in [0.3, 0.4) is 0 Å². The Bertz CT molecular complexity index is 510. The Morgan fingerprint density at radius 3 is 2.65 bits per heavy atom. The number of fused-ring (bicyclic) bond motifs is 1. The first kappa shape index (κ1) is 11.8. The molecule has 1 unspecified atom stereocenters. The lowest BCUT2D eigenvalue weighted by Crippen LogP contribution is -2.20. The zero-order chi connectivity index (χ0) is 12.3. The molecule has 0 aliphatic rings. The second-order valence-corrected chi connectivity index (χ2v) is 4.40. The third-order valence-corrected chi connectivity index (χ3v) is 2.89. The van der Waals surface area contributed by atoms with Gasteiger partial charge in [0.05, 0.1) is 5.69 Å². The molecule has 0 aliphatic carbocycles. The van der Waals surface area contributed by atoms with Crippen LogP contribution < -0.4 is 11.1 Å². The number of hydrogen-bond acceptors (Lipinski definition) is 4. The van der Waals surface area contributed by atoms with Crippen molar-refractivity contribution >= 4 is 16.6 Å². The normalized spacial score (nSPS) is 12.6. The van der Waals surface area contributed by atoms with E-state index in [1.54, 1.807) is 0 Å². The van der Waals surface area contributed by atoms with Gasteiger partial charge in [0.25, 0.3) is 0 Å². The molecule has 0 amide bonds. The van der Waals surface area contributed by atoms with E-state index in [2.05, 4.69) is 34.6 Å². The standard InChI is InChI=1S/C13H18N4/c1-9(7-14)8-15-13-12-6-4-3-5-11(12)10(2)16-17-13/h3-6,9H,7-8,14H2,1-2H3,(H,15,17). The van der Waals surface area contributed by atoms with Gasteiger partial charge in [-0.2, -0.15) is 5.10 Å². The number of aryl methyl sites for hydroxylation is 1. The minimum Gasteiger partial charge on any atom is -0.368 e. The van der Waals surface area contributed by atoms with Gasteiger partial charge in [0, 0.05) is 17.3 Å². The first-order chi connectivity index (χ1) is 8.22. The van der Waals surface area contributed by atoms with Gasteiger partial charge in [-0.15, -0.1) is 5.10 Å². The summed E-state index contributed by atoms with van der Waals surface area (Å²) >= 11 is 0. The molecule has 90 valence electrons. The molecule has 2 aromatic rings. The second kappa shape index (κ2) is 5.10. The van der Waals surface area contributed by atoms with Crippen LogP contribution in [0.1, 0.15) is 12.6 Å². The maximum atomic E-state index is 5.60. The van der Waals surface area contributed by atoms with Crippen molar-refractivity contribution in [2.75, 3.05) is 18.4 Å². The first-order valence-corrected chi connectivity index (χ1v) is 5.88. The molecule has 1 aromatic heterocycles. The van der Waals surface area contributed by atoms with E-state index >= 15 is 0 Å². The van der Waals surface area contributed by atoms with Crippen LogP contribution in [0.4, 0.5) is 5.82 Å². The fraction of sp³-hybridized carbons (Fsp3) is 0.385. The third-order valence-electron chi connectivity index (χ3n) is 2.89. The Morgan fingerprint density at radius 1 is 1.24 bits per heavy atom. The molecule has 0 spiro atoms. The molecule has 3 N–H and O–H groups in total. The average molecular weight is 230 g/mol. The maximum Gasteiger partial charge on any atom is 0.156 e. The van der Waals surface area contributed by atoms with Crippen molar-refractivity contribution in [2.45, 2.75) is 13.8 Å². The van der Waals surface area contributed by atoms with Crippen LogP contribution in [0.25, 0.3) is 10.8 Å². The van der Waals surface area contributed by atoms with E-state index in [4.69, 9.17) is 5.73 Å². The summed E-state index contributed by atoms with van der Waals surface area (Å²) in [4.78, 5) is 0. The van der Waals surface area contributed by atoms with E-state index < -0.39 is 0 Å². The van der Waals surface area contributed by atoms with E-state index in [0.717, 1.165) is 28.8 Å². The highest BCUT2D eigenvalue weighted by molar-refractivity contribution is 5.92. The molecule has 0 bridgehead atoms. The maximum absolute atomic E-state index is 5.60. The average Bonchev–Trinajstić information content (AvgIpc) is 2.38.